The smallest absolute Gasteiger partial charge is 0.330 e. The monoisotopic (exact) mass is 261 g/mol. The van der Waals surface area contributed by atoms with Crippen LogP contribution in [0.5, 0.6) is 0 Å². The highest BCUT2D eigenvalue weighted by molar-refractivity contribution is 5.81. The van der Waals surface area contributed by atoms with Gasteiger partial charge < -0.3 is 4.74 Å². The molecule has 8 atom stereocenters. The first-order valence-corrected chi connectivity index (χ1v) is 7.38. The Bertz CT molecular complexity index is 449. The van der Waals surface area contributed by atoms with Crippen LogP contribution in [0.3, 0.4) is 0 Å². The molecular formula is C15H19NO3. The van der Waals surface area contributed by atoms with Crippen LogP contribution >= 0.6 is 0 Å². The summed E-state index contributed by atoms with van der Waals surface area (Å²) in [5, 5.41) is 3.35. The number of ether oxygens (including phenoxy) is 1. The number of carbonyl (C=O) groups excluding carboxylic acids is 1. The SMILES string of the molecule is C=CC(=O)OC1CC2CC1C1C3CC(N=O)C(C3)C21. The molecule has 0 aliphatic heterocycles. The fourth-order valence-electron chi connectivity index (χ4n) is 5.96. The maximum absolute atomic E-state index is 11.4. The van der Waals surface area contributed by atoms with Crippen molar-refractivity contribution in [2.24, 2.45) is 40.7 Å². The van der Waals surface area contributed by atoms with E-state index in [4.69, 9.17) is 4.74 Å². The van der Waals surface area contributed by atoms with E-state index in [1.807, 2.05) is 0 Å². The van der Waals surface area contributed by atoms with Gasteiger partial charge in [0.25, 0.3) is 0 Å². The Hall–Kier alpha value is -1.19. The van der Waals surface area contributed by atoms with Crippen molar-refractivity contribution in [1.82, 2.24) is 0 Å². The zero-order valence-corrected chi connectivity index (χ0v) is 10.9. The van der Waals surface area contributed by atoms with Gasteiger partial charge in [0.15, 0.2) is 0 Å². The van der Waals surface area contributed by atoms with E-state index in [-0.39, 0.29) is 18.1 Å². The lowest BCUT2D eigenvalue weighted by molar-refractivity contribution is -0.147. The number of carbonyl (C=O) groups is 1. The lowest BCUT2D eigenvalue weighted by Crippen LogP contribution is -2.40. The van der Waals surface area contributed by atoms with Gasteiger partial charge in [-0.05, 0) is 61.2 Å². The molecule has 0 aromatic carbocycles. The minimum Gasteiger partial charge on any atom is -0.459 e. The number of hydrogen-bond acceptors (Lipinski definition) is 4. The van der Waals surface area contributed by atoms with Crippen LogP contribution in [-0.2, 0) is 9.53 Å². The largest absolute Gasteiger partial charge is 0.459 e. The van der Waals surface area contributed by atoms with Crippen molar-refractivity contribution in [3.8, 4) is 0 Å². The summed E-state index contributed by atoms with van der Waals surface area (Å²) in [5.74, 6) is 3.44. The molecule has 4 nitrogen and oxygen atoms in total. The van der Waals surface area contributed by atoms with Crippen LogP contribution in [0.4, 0.5) is 0 Å². The van der Waals surface area contributed by atoms with Crippen molar-refractivity contribution < 1.29 is 9.53 Å². The van der Waals surface area contributed by atoms with Crippen LogP contribution in [0.1, 0.15) is 25.7 Å². The summed E-state index contributed by atoms with van der Waals surface area (Å²) in [6, 6.07) is 0.0692. The molecule has 0 N–H and O–H groups in total. The molecule has 4 rings (SSSR count). The van der Waals surface area contributed by atoms with Gasteiger partial charge in [-0.3, -0.25) is 0 Å². The van der Waals surface area contributed by atoms with Gasteiger partial charge in [-0.25, -0.2) is 4.79 Å². The van der Waals surface area contributed by atoms with Gasteiger partial charge in [-0.2, -0.15) is 4.91 Å². The number of nitroso groups, excluding NO2 is 1. The zero-order valence-electron chi connectivity index (χ0n) is 10.9. The summed E-state index contributed by atoms with van der Waals surface area (Å²) in [4.78, 5) is 22.3. The molecule has 4 aliphatic rings. The molecule has 4 heteroatoms. The van der Waals surface area contributed by atoms with Crippen LogP contribution in [0.2, 0.25) is 0 Å². The molecule has 19 heavy (non-hydrogen) atoms. The van der Waals surface area contributed by atoms with Crippen molar-refractivity contribution in [1.29, 1.82) is 0 Å². The third-order valence-corrected chi connectivity index (χ3v) is 6.29. The number of nitrogens with zero attached hydrogens (tertiary/aromatic N) is 1. The van der Waals surface area contributed by atoms with E-state index in [9.17, 15) is 9.70 Å². The van der Waals surface area contributed by atoms with E-state index in [2.05, 4.69) is 11.8 Å². The topological polar surface area (TPSA) is 55.7 Å². The molecular weight excluding hydrogens is 242 g/mol. The Kier molecular flexibility index (Phi) is 2.39. The molecule has 102 valence electrons. The normalized spacial score (nSPS) is 53.1. The standard InChI is InChI=1S/C15H19NO3/c1-2-13(17)19-12-6-8-4-10(12)15-7-3-9(14(8)15)11(5-7)16-18/h2,7-12,14-15H,1,3-6H2. The summed E-state index contributed by atoms with van der Waals surface area (Å²) in [6.07, 6.45) is 5.68. The quantitative estimate of drug-likeness (QED) is 0.339. The highest BCUT2D eigenvalue weighted by Crippen LogP contribution is 2.68. The first-order chi connectivity index (χ1) is 9.22. The van der Waals surface area contributed by atoms with Crippen LogP contribution in [0.25, 0.3) is 0 Å². The Morgan fingerprint density at radius 1 is 1.11 bits per heavy atom. The molecule has 0 spiro atoms. The average molecular weight is 261 g/mol. The summed E-state index contributed by atoms with van der Waals surface area (Å²) < 4.78 is 5.52. The zero-order chi connectivity index (χ0) is 13.1. The van der Waals surface area contributed by atoms with Crippen molar-refractivity contribution in [2.45, 2.75) is 37.8 Å². The molecule has 0 radical (unpaired) electrons. The van der Waals surface area contributed by atoms with Gasteiger partial charge in [0.05, 0.1) is 6.04 Å². The minimum absolute atomic E-state index is 0.0692. The second kappa shape index (κ2) is 3.90. The summed E-state index contributed by atoms with van der Waals surface area (Å²) in [7, 11) is 0. The summed E-state index contributed by atoms with van der Waals surface area (Å²) in [6.45, 7) is 3.47. The molecule has 0 aromatic heterocycles. The van der Waals surface area contributed by atoms with Gasteiger partial charge in [0, 0.05) is 6.08 Å². The Labute approximate surface area is 112 Å². The lowest BCUT2D eigenvalue weighted by Gasteiger charge is -2.39. The van der Waals surface area contributed by atoms with Gasteiger partial charge >= 0.3 is 5.97 Å². The molecule has 0 aromatic rings. The highest BCUT2D eigenvalue weighted by atomic mass is 16.5. The molecule has 4 saturated carbocycles. The third kappa shape index (κ3) is 1.43. The van der Waals surface area contributed by atoms with Crippen molar-refractivity contribution in [2.75, 3.05) is 0 Å². The molecule has 4 fully saturated rings. The Morgan fingerprint density at radius 2 is 1.79 bits per heavy atom. The molecule has 0 saturated heterocycles. The average Bonchev–Trinajstić information content (AvgIpc) is 3.14. The second-order valence-electron chi connectivity index (χ2n) is 6.80. The van der Waals surface area contributed by atoms with E-state index >= 15 is 0 Å². The van der Waals surface area contributed by atoms with Crippen molar-refractivity contribution in [3.05, 3.63) is 17.6 Å². The first-order valence-electron chi connectivity index (χ1n) is 7.38. The predicted molar refractivity (Wildman–Crippen MR) is 69.1 cm³/mol. The van der Waals surface area contributed by atoms with E-state index in [0.29, 0.717) is 35.5 Å². The molecule has 0 heterocycles. The number of rotatable bonds is 3. The predicted octanol–water partition coefficient (Wildman–Crippen LogP) is 2.53. The number of esters is 1. The van der Waals surface area contributed by atoms with Gasteiger partial charge in [0.2, 0.25) is 0 Å². The van der Waals surface area contributed by atoms with E-state index in [1.165, 1.54) is 18.9 Å². The Morgan fingerprint density at radius 3 is 2.53 bits per heavy atom. The summed E-state index contributed by atoms with van der Waals surface area (Å²) in [5.41, 5.74) is 0. The second-order valence-corrected chi connectivity index (χ2v) is 6.80. The van der Waals surface area contributed by atoms with E-state index in [1.54, 1.807) is 0 Å². The third-order valence-electron chi connectivity index (χ3n) is 6.29. The minimum atomic E-state index is -0.287. The number of fused-ring (bicyclic) bond motifs is 9. The van der Waals surface area contributed by atoms with Crippen LogP contribution in [0, 0.1) is 40.4 Å². The fourth-order valence-corrected chi connectivity index (χ4v) is 5.96. The molecule has 8 unspecified atom stereocenters. The maximum atomic E-state index is 11.4. The van der Waals surface area contributed by atoms with Gasteiger partial charge in [0.1, 0.15) is 6.10 Å². The van der Waals surface area contributed by atoms with Gasteiger partial charge in [-0.15, -0.1) is 0 Å². The van der Waals surface area contributed by atoms with E-state index in [0.717, 1.165) is 12.8 Å². The van der Waals surface area contributed by atoms with Crippen LogP contribution in [-0.4, -0.2) is 18.1 Å². The molecule has 4 aliphatic carbocycles. The maximum Gasteiger partial charge on any atom is 0.330 e. The number of hydrogen-bond donors (Lipinski definition) is 0. The van der Waals surface area contributed by atoms with Crippen molar-refractivity contribution >= 4 is 5.97 Å². The fraction of sp³-hybridized carbons (Fsp3) is 0.800. The van der Waals surface area contributed by atoms with Gasteiger partial charge in [-0.1, -0.05) is 11.8 Å². The van der Waals surface area contributed by atoms with E-state index < -0.39 is 0 Å². The highest BCUT2D eigenvalue weighted by Gasteiger charge is 2.65. The van der Waals surface area contributed by atoms with Crippen LogP contribution < -0.4 is 0 Å². The van der Waals surface area contributed by atoms with Crippen molar-refractivity contribution in [3.63, 3.8) is 0 Å². The lowest BCUT2D eigenvalue weighted by atomic mass is 9.69. The first kappa shape index (κ1) is 11.6. The molecule has 4 bridgehead atoms. The molecule has 0 amide bonds. The Balaban J connectivity index is 1.54. The summed E-state index contributed by atoms with van der Waals surface area (Å²) >= 11 is 0. The van der Waals surface area contributed by atoms with Crippen LogP contribution in [0.15, 0.2) is 17.8 Å².